The van der Waals surface area contributed by atoms with Crippen LogP contribution in [0.25, 0.3) is 0 Å². The number of aliphatic hydroxyl groups is 1. The minimum atomic E-state index is -0.118. The molecular weight excluding hydrogens is 262 g/mol. The molecule has 4 aliphatic rings. The fourth-order valence-electron chi connectivity index (χ4n) is 6.73. The SMILES string of the molecule is CCCN(CCO)C(=O)C12CC3CC(C)(CC(C)(C3)C1)C2. The number of nitrogens with zero attached hydrogens (tertiary/aromatic N) is 1. The molecule has 4 fully saturated rings. The Kier molecular flexibility index (Phi) is 3.63. The zero-order chi connectivity index (χ0) is 15.3. The van der Waals surface area contributed by atoms with E-state index in [2.05, 4.69) is 20.8 Å². The van der Waals surface area contributed by atoms with Crippen molar-refractivity contribution >= 4 is 5.91 Å². The Balaban J connectivity index is 1.88. The summed E-state index contributed by atoms with van der Waals surface area (Å²) < 4.78 is 0. The van der Waals surface area contributed by atoms with Crippen molar-refractivity contribution in [2.45, 2.75) is 65.7 Å². The summed E-state index contributed by atoms with van der Waals surface area (Å²) in [6.45, 7) is 8.31. The highest BCUT2D eigenvalue weighted by Crippen LogP contribution is 2.69. The Labute approximate surface area is 129 Å². The Morgan fingerprint density at radius 1 is 1.10 bits per heavy atom. The van der Waals surface area contributed by atoms with Gasteiger partial charge in [-0.25, -0.2) is 0 Å². The minimum Gasteiger partial charge on any atom is -0.395 e. The number of carbonyl (C=O) groups is 1. The van der Waals surface area contributed by atoms with E-state index in [0.717, 1.165) is 38.1 Å². The van der Waals surface area contributed by atoms with Crippen LogP contribution in [0.2, 0.25) is 0 Å². The molecule has 120 valence electrons. The average molecular weight is 293 g/mol. The Morgan fingerprint density at radius 2 is 1.71 bits per heavy atom. The lowest BCUT2D eigenvalue weighted by molar-refractivity contribution is -0.179. The van der Waals surface area contributed by atoms with Crippen LogP contribution in [0.5, 0.6) is 0 Å². The summed E-state index contributed by atoms with van der Waals surface area (Å²) in [5, 5.41) is 9.30. The summed E-state index contributed by atoms with van der Waals surface area (Å²) in [6, 6.07) is 0. The van der Waals surface area contributed by atoms with E-state index < -0.39 is 0 Å². The standard InChI is InChI=1S/C18H31NO2/c1-4-5-19(6-7-20)15(21)18-10-14-8-16(2,12-18)11-17(3,9-14)13-18/h14,20H,4-13H2,1-3H3. The summed E-state index contributed by atoms with van der Waals surface area (Å²) in [6.07, 6.45) is 8.19. The van der Waals surface area contributed by atoms with Crippen molar-refractivity contribution in [3.05, 3.63) is 0 Å². The molecule has 21 heavy (non-hydrogen) atoms. The maximum absolute atomic E-state index is 13.3. The molecule has 2 unspecified atom stereocenters. The van der Waals surface area contributed by atoms with Gasteiger partial charge in [0.2, 0.25) is 5.91 Å². The molecule has 0 aromatic carbocycles. The molecule has 4 rings (SSSR count). The zero-order valence-electron chi connectivity index (χ0n) is 14.0. The fraction of sp³-hybridized carbons (Fsp3) is 0.944. The van der Waals surface area contributed by atoms with Gasteiger partial charge >= 0.3 is 0 Å². The van der Waals surface area contributed by atoms with Crippen LogP contribution in [0.1, 0.15) is 65.7 Å². The number of hydrogen-bond acceptors (Lipinski definition) is 2. The van der Waals surface area contributed by atoms with Gasteiger partial charge in [0.15, 0.2) is 0 Å². The van der Waals surface area contributed by atoms with E-state index in [1.54, 1.807) is 0 Å². The molecule has 1 N–H and O–H groups in total. The van der Waals surface area contributed by atoms with Crippen LogP contribution < -0.4 is 0 Å². The van der Waals surface area contributed by atoms with E-state index >= 15 is 0 Å². The molecule has 4 saturated carbocycles. The third-order valence-electron chi connectivity index (χ3n) is 6.23. The van der Waals surface area contributed by atoms with E-state index in [0.29, 0.717) is 23.3 Å². The second-order valence-electron chi connectivity index (χ2n) is 8.93. The summed E-state index contributed by atoms with van der Waals surface area (Å²) in [5.74, 6) is 1.10. The molecule has 3 nitrogen and oxygen atoms in total. The van der Waals surface area contributed by atoms with Gasteiger partial charge in [-0.15, -0.1) is 0 Å². The summed E-state index contributed by atoms with van der Waals surface area (Å²) in [5.41, 5.74) is 0.634. The summed E-state index contributed by atoms with van der Waals surface area (Å²) in [7, 11) is 0. The van der Waals surface area contributed by atoms with Crippen LogP contribution in [0.15, 0.2) is 0 Å². The van der Waals surface area contributed by atoms with Gasteiger partial charge in [-0.1, -0.05) is 20.8 Å². The second-order valence-corrected chi connectivity index (χ2v) is 8.93. The molecule has 0 spiro atoms. The molecular formula is C18H31NO2. The highest BCUT2D eigenvalue weighted by atomic mass is 16.3. The lowest BCUT2D eigenvalue weighted by atomic mass is 9.40. The molecule has 1 amide bonds. The smallest absolute Gasteiger partial charge is 0.228 e. The lowest BCUT2D eigenvalue weighted by Crippen LogP contribution is -2.60. The maximum atomic E-state index is 13.3. The van der Waals surface area contributed by atoms with E-state index in [-0.39, 0.29) is 12.0 Å². The largest absolute Gasteiger partial charge is 0.395 e. The van der Waals surface area contributed by atoms with Crippen LogP contribution in [-0.4, -0.2) is 35.6 Å². The number of amides is 1. The van der Waals surface area contributed by atoms with E-state index in [1.807, 2.05) is 4.90 Å². The topological polar surface area (TPSA) is 40.5 Å². The van der Waals surface area contributed by atoms with Crippen LogP contribution in [-0.2, 0) is 4.79 Å². The highest BCUT2D eigenvalue weighted by Gasteiger charge is 2.63. The third-order valence-corrected chi connectivity index (χ3v) is 6.23. The maximum Gasteiger partial charge on any atom is 0.228 e. The number of rotatable bonds is 5. The molecule has 0 heterocycles. The monoisotopic (exact) mass is 293 g/mol. The Bertz CT molecular complexity index is 409. The number of carbonyl (C=O) groups excluding carboxylic acids is 1. The molecule has 0 aromatic heterocycles. The van der Waals surface area contributed by atoms with Crippen molar-refractivity contribution < 1.29 is 9.90 Å². The zero-order valence-corrected chi connectivity index (χ0v) is 14.0. The van der Waals surface area contributed by atoms with E-state index in [4.69, 9.17) is 0 Å². The summed E-state index contributed by atoms with van der Waals surface area (Å²) >= 11 is 0. The number of aliphatic hydroxyl groups excluding tert-OH is 1. The molecule has 0 radical (unpaired) electrons. The normalized spacial score (nSPS) is 44.1. The quantitative estimate of drug-likeness (QED) is 0.845. The molecule has 4 aliphatic carbocycles. The molecule has 2 atom stereocenters. The predicted octanol–water partition coefficient (Wildman–Crippen LogP) is 3.21. The van der Waals surface area contributed by atoms with Crippen molar-refractivity contribution in [1.29, 1.82) is 0 Å². The Hall–Kier alpha value is -0.570. The van der Waals surface area contributed by atoms with Gasteiger partial charge in [-0.3, -0.25) is 4.79 Å². The minimum absolute atomic E-state index is 0.0831. The van der Waals surface area contributed by atoms with Crippen molar-refractivity contribution in [2.75, 3.05) is 19.7 Å². The molecule has 0 aromatic rings. The van der Waals surface area contributed by atoms with Gasteiger partial charge in [0.1, 0.15) is 0 Å². The van der Waals surface area contributed by atoms with Crippen molar-refractivity contribution in [3.8, 4) is 0 Å². The first-order chi connectivity index (χ1) is 9.84. The van der Waals surface area contributed by atoms with Crippen molar-refractivity contribution in [2.24, 2.45) is 22.2 Å². The first-order valence-corrected chi connectivity index (χ1v) is 8.74. The molecule has 0 saturated heterocycles. The van der Waals surface area contributed by atoms with Gasteiger partial charge in [-0.2, -0.15) is 0 Å². The first kappa shape index (κ1) is 15.3. The lowest BCUT2D eigenvalue weighted by Gasteiger charge is -2.65. The van der Waals surface area contributed by atoms with Crippen LogP contribution in [0, 0.1) is 22.2 Å². The van der Waals surface area contributed by atoms with Gasteiger partial charge in [0, 0.05) is 13.1 Å². The first-order valence-electron chi connectivity index (χ1n) is 8.74. The predicted molar refractivity (Wildman–Crippen MR) is 83.8 cm³/mol. The Morgan fingerprint density at radius 3 is 2.19 bits per heavy atom. The van der Waals surface area contributed by atoms with E-state index in [9.17, 15) is 9.90 Å². The summed E-state index contributed by atoms with van der Waals surface area (Å²) in [4.78, 5) is 15.2. The van der Waals surface area contributed by atoms with Crippen LogP contribution >= 0.6 is 0 Å². The molecule has 4 bridgehead atoms. The number of hydrogen-bond donors (Lipinski definition) is 1. The van der Waals surface area contributed by atoms with Gasteiger partial charge in [0.05, 0.1) is 12.0 Å². The highest BCUT2D eigenvalue weighted by molar-refractivity contribution is 5.83. The van der Waals surface area contributed by atoms with E-state index in [1.165, 1.54) is 19.3 Å². The van der Waals surface area contributed by atoms with Crippen molar-refractivity contribution in [1.82, 2.24) is 4.90 Å². The van der Waals surface area contributed by atoms with Crippen molar-refractivity contribution in [3.63, 3.8) is 0 Å². The van der Waals surface area contributed by atoms with Gasteiger partial charge in [-0.05, 0) is 61.7 Å². The van der Waals surface area contributed by atoms with Gasteiger partial charge < -0.3 is 10.0 Å². The third kappa shape index (κ3) is 2.52. The average Bonchev–Trinajstić information content (AvgIpc) is 2.33. The fourth-order valence-corrected chi connectivity index (χ4v) is 6.73. The van der Waals surface area contributed by atoms with Crippen LogP contribution in [0.3, 0.4) is 0 Å². The second kappa shape index (κ2) is 4.97. The van der Waals surface area contributed by atoms with Gasteiger partial charge in [0.25, 0.3) is 0 Å². The molecule has 3 heteroatoms. The van der Waals surface area contributed by atoms with Crippen LogP contribution in [0.4, 0.5) is 0 Å². The molecule has 0 aliphatic heterocycles.